The molecule has 0 radical (unpaired) electrons. The van der Waals surface area contributed by atoms with Crippen molar-refractivity contribution < 1.29 is 4.43 Å². The highest BCUT2D eigenvalue weighted by Gasteiger charge is 2.38. The van der Waals surface area contributed by atoms with E-state index in [-0.39, 0.29) is 0 Å². The fourth-order valence-electron chi connectivity index (χ4n) is 2.65. The molecule has 0 aromatic heterocycles. The van der Waals surface area contributed by atoms with Crippen molar-refractivity contribution in [2.45, 2.75) is 63.8 Å². The SMILES string of the molecule is CC(C)(C)[Si](C)(C)OC[C@H]1CN2CCC[C@H]2CN1. The Kier molecular flexibility index (Phi) is 4.22. The molecule has 2 rings (SSSR count). The first-order chi connectivity index (χ1) is 8.29. The zero-order valence-electron chi connectivity index (χ0n) is 12.8. The molecule has 0 saturated carbocycles. The minimum absolute atomic E-state index is 0.317. The van der Waals surface area contributed by atoms with Gasteiger partial charge in [-0.15, -0.1) is 0 Å². The van der Waals surface area contributed by atoms with Gasteiger partial charge < -0.3 is 9.74 Å². The summed E-state index contributed by atoms with van der Waals surface area (Å²) >= 11 is 0. The van der Waals surface area contributed by atoms with E-state index in [4.69, 9.17) is 4.43 Å². The van der Waals surface area contributed by atoms with Crippen LogP contribution in [0.5, 0.6) is 0 Å². The Bertz CT molecular complexity index is 288. The molecule has 3 nitrogen and oxygen atoms in total. The molecule has 2 saturated heterocycles. The molecule has 0 unspecified atom stereocenters. The molecule has 18 heavy (non-hydrogen) atoms. The van der Waals surface area contributed by atoms with Crippen LogP contribution >= 0.6 is 0 Å². The topological polar surface area (TPSA) is 24.5 Å². The molecule has 1 N–H and O–H groups in total. The third-order valence-electron chi connectivity index (χ3n) is 5.05. The molecule has 2 atom stereocenters. The van der Waals surface area contributed by atoms with Gasteiger partial charge in [-0.05, 0) is 37.5 Å². The average molecular weight is 270 g/mol. The molecule has 2 heterocycles. The van der Waals surface area contributed by atoms with Crippen molar-refractivity contribution in [2.24, 2.45) is 0 Å². The van der Waals surface area contributed by atoms with E-state index in [1.165, 1.54) is 25.9 Å². The predicted molar refractivity (Wildman–Crippen MR) is 79.5 cm³/mol. The normalized spacial score (nSPS) is 30.5. The van der Waals surface area contributed by atoms with Crippen LogP contribution in [0.25, 0.3) is 0 Å². The van der Waals surface area contributed by atoms with Gasteiger partial charge in [0.15, 0.2) is 8.32 Å². The van der Waals surface area contributed by atoms with Crippen LogP contribution in [0.15, 0.2) is 0 Å². The summed E-state index contributed by atoms with van der Waals surface area (Å²) in [4.78, 5) is 2.65. The number of nitrogens with one attached hydrogen (secondary N) is 1. The maximum Gasteiger partial charge on any atom is 0.192 e. The van der Waals surface area contributed by atoms with Gasteiger partial charge in [-0.3, -0.25) is 4.90 Å². The minimum Gasteiger partial charge on any atom is -0.415 e. The van der Waals surface area contributed by atoms with E-state index in [1.54, 1.807) is 0 Å². The summed E-state index contributed by atoms with van der Waals surface area (Å²) in [5, 5.41) is 3.99. The maximum atomic E-state index is 6.33. The van der Waals surface area contributed by atoms with E-state index >= 15 is 0 Å². The molecule has 0 spiro atoms. The van der Waals surface area contributed by atoms with Crippen LogP contribution in [0.1, 0.15) is 33.6 Å². The summed E-state index contributed by atoms with van der Waals surface area (Å²) in [7, 11) is -1.58. The zero-order chi connectivity index (χ0) is 13.4. The van der Waals surface area contributed by atoms with Crippen LogP contribution in [-0.2, 0) is 4.43 Å². The first kappa shape index (κ1) is 14.5. The highest BCUT2D eigenvalue weighted by Crippen LogP contribution is 2.36. The number of hydrogen-bond acceptors (Lipinski definition) is 3. The van der Waals surface area contributed by atoms with Gasteiger partial charge in [-0.2, -0.15) is 0 Å². The van der Waals surface area contributed by atoms with Crippen molar-refractivity contribution >= 4 is 8.32 Å². The maximum absolute atomic E-state index is 6.33. The van der Waals surface area contributed by atoms with Crippen molar-refractivity contribution in [3.8, 4) is 0 Å². The fourth-order valence-corrected chi connectivity index (χ4v) is 3.70. The molecule has 0 aromatic carbocycles. The second kappa shape index (κ2) is 5.23. The van der Waals surface area contributed by atoms with Gasteiger partial charge in [0, 0.05) is 25.2 Å². The highest BCUT2D eigenvalue weighted by molar-refractivity contribution is 6.74. The fraction of sp³-hybridized carbons (Fsp3) is 1.00. The number of nitrogens with zero attached hydrogens (tertiary/aromatic N) is 1. The Morgan fingerprint density at radius 3 is 2.72 bits per heavy atom. The molecule has 4 heteroatoms. The van der Waals surface area contributed by atoms with Crippen LogP contribution in [0.3, 0.4) is 0 Å². The molecule has 0 aromatic rings. The van der Waals surface area contributed by atoms with E-state index in [2.05, 4.69) is 44.1 Å². The molecular weight excluding hydrogens is 240 g/mol. The summed E-state index contributed by atoms with van der Waals surface area (Å²) in [6, 6.07) is 1.34. The molecule has 2 aliphatic heterocycles. The van der Waals surface area contributed by atoms with Crippen LogP contribution in [0.4, 0.5) is 0 Å². The van der Waals surface area contributed by atoms with Crippen molar-refractivity contribution in [1.29, 1.82) is 0 Å². The summed E-state index contributed by atoms with van der Waals surface area (Å²) < 4.78 is 6.33. The smallest absolute Gasteiger partial charge is 0.192 e. The summed E-state index contributed by atoms with van der Waals surface area (Å²) in [6.07, 6.45) is 2.75. The Hall–Kier alpha value is 0.0969. The molecular formula is C14H30N2OSi. The first-order valence-electron chi connectivity index (χ1n) is 7.41. The van der Waals surface area contributed by atoms with Gasteiger partial charge in [0.05, 0.1) is 6.61 Å². The third kappa shape index (κ3) is 3.16. The second-order valence-corrected chi connectivity index (χ2v) is 12.3. The standard InChI is InChI=1S/C14H30N2OSi/c1-14(2,3)18(4,5)17-11-12-10-16-8-6-7-13(16)9-15-12/h12-13,15H,6-11H2,1-5H3/t12-,13+/m1/s1. The number of piperazine rings is 1. The van der Waals surface area contributed by atoms with Crippen molar-refractivity contribution in [3.05, 3.63) is 0 Å². The van der Waals surface area contributed by atoms with Gasteiger partial charge in [0.25, 0.3) is 0 Å². The molecule has 106 valence electrons. The lowest BCUT2D eigenvalue weighted by atomic mass is 10.1. The molecule has 0 amide bonds. The van der Waals surface area contributed by atoms with E-state index in [0.29, 0.717) is 11.1 Å². The molecule has 2 fully saturated rings. The Balaban J connectivity index is 1.81. The van der Waals surface area contributed by atoms with Crippen LogP contribution in [0.2, 0.25) is 18.1 Å². The Morgan fingerprint density at radius 2 is 2.06 bits per heavy atom. The van der Waals surface area contributed by atoms with Crippen LogP contribution in [-0.4, -0.2) is 51.5 Å². The van der Waals surface area contributed by atoms with Gasteiger partial charge in [-0.25, -0.2) is 0 Å². The zero-order valence-corrected chi connectivity index (χ0v) is 13.8. The van der Waals surface area contributed by atoms with Crippen molar-refractivity contribution in [3.63, 3.8) is 0 Å². The molecule has 0 aliphatic carbocycles. The quantitative estimate of drug-likeness (QED) is 0.797. The van der Waals surface area contributed by atoms with Gasteiger partial charge in [-0.1, -0.05) is 20.8 Å². The second-order valence-electron chi connectivity index (χ2n) is 7.47. The van der Waals surface area contributed by atoms with Crippen molar-refractivity contribution in [2.75, 3.05) is 26.2 Å². The van der Waals surface area contributed by atoms with Crippen molar-refractivity contribution in [1.82, 2.24) is 10.2 Å². The Labute approximate surface area is 113 Å². The number of rotatable bonds is 3. The summed E-state index contributed by atoms with van der Waals surface area (Å²) in [5.41, 5.74) is 0. The third-order valence-corrected chi connectivity index (χ3v) is 9.55. The Morgan fingerprint density at radius 1 is 1.33 bits per heavy atom. The average Bonchev–Trinajstić information content (AvgIpc) is 2.71. The van der Waals surface area contributed by atoms with Crippen LogP contribution < -0.4 is 5.32 Å². The summed E-state index contributed by atoms with van der Waals surface area (Å²) in [6.45, 7) is 16.1. The number of fused-ring (bicyclic) bond motifs is 1. The van der Waals surface area contributed by atoms with Crippen LogP contribution in [0, 0.1) is 0 Å². The molecule has 0 bridgehead atoms. The lowest BCUT2D eigenvalue weighted by Crippen LogP contribution is -2.56. The minimum atomic E-state index is -1.58. The summed E-state index contributed by atoms with van der Waals surface area (Å²) in [5.74, 6) is 0. The van der Waals surface area contributed by atoms with E-state index in [9.17, 15) is 0 Å². The first-order valence-corrected chi connectivity index (χ1v) is 10.3. The highest BCUT2D eigenvalue weighted by atomic mass is 28.4. The monoisotopic (exact) mass is 270 g/mol. The lowest BCUT2D eigenvalue weighted by molar-refractivity contribution is 0.133. The van der Waals surface area contributed by atoms with Gasteiger partial charge in [0.1, 0.15) is 0 Å². The van der Waals surface area contributed by atoms with E-state index in [1.807, 2.05) is 0 Å². The predicted octanol–water partition coefficient (Wildman–Crippen LogP) is 2.44. The van der Waals surface area contributed by atoms with Gasteiger partial charge >= 0.3 is 0 Å². The van der Waals surface area contributed by atoms with Gasteiger partial charge in [0.2, 0.25) is 0 Å². The number of hydrogen-bond donors (Lipinski definition) is 1. The van der Waals surface area contributed by atoms with E-state index < -0.39 is 8.32 Å². The molecule has 2 aliphatic rings. The lowest BCUT2D eigenvalue weighted by Gasteiger charge is -2.40. The largest absolute Gasteiger partial charge is 0.415 e. The van der Waals surface area contributed by atoms with E-state index in [0.717, 1.165) is 19.2 Å².